The van der Waals surface area contributed by atoms with E-state index in [9.17, 15) is 24.6 Å². The van der Waals surface area contributed by atoms with Crippen LogP contribution in [-0.4, -0.2) is 39.8 Å². The van der Waals surface area contributed by atoms with Crippen molar-refractivity contribution in [2.45, 2.75) is 38.8 Å². The van der Waals surface area contributed by atoms with Crippen LogP contribution >= 0.6 is 23.2 Å². The Hall–Kier alpha value is -2.97. The molecule has 2 rings (SSSR count). The zero-order chi connectivity index (χ0) is 23.3. The van der Waals surface area contributed by atoms with Crippen molar-refractivity contribution < 1.29 is 29.3 Å². The zero-order valence-electron chi connectivity index (χ0n) is 17.0. The lowest BCUT2D eigenvalue weighted by Crippen LogP contribution is -2.44. The third-order valence-corrected chi connectivity index (χ3v) is 4.49. The van der Waals surface area contributed by atoms with E-state index >= 15 is 0 Å². The molecule has 4 N–H and O–H groups in total. The summed E-state index contributed by atoms with van der Waals surface area (Å²) in [7, 11) is 0. The van der Waals surface area contributed by atoms with Gasteiger partial charge in [-0.3, -0.25) is 4.79 Å². The van der Waals surface area contributed by atoms with Crippen molar-refractivity contribution >= 4 is 46.9 Å². The van der Waals surface area contributed by atoms with Gasteiger partial charge in [-0.2, -0.15) is 0 Å². The van der Waals surface area contributed by atoms with Crippen molar-refractivity contribution in [3.63, 3.8) is 0 Å². The van der Waals surface area contributed by atoms with Crippen LogP contribution in [0.5, 0.6) is 5.75 Å². The van der Waals surface area contributed by atoms with Crippen LogP contribution in [0.2, 0.25) is 10.0 Å². The Kier molecular flexibility index (Phi) is 7.75. The van der Waals surface area contributed by atoms with Crippen LogP contribution in [0.15, 0.2) is 36.4 Å². The van der Waals surface area contributed by atoms with E-state index in [4.69, 9.17) is 27.9 Å². The lowest BCUT2D eigenvalue weighted by atomic mass is 10.1. The molecule has 166 valence electrons. The van der Waals surface area contributed by atoms with E-state index in [0.29, 0.717) is 11.3 Å². The van der Waals surface area contributed by atoms with Gasteiger partial charge in [0, 0.05) is 12.1 Å². The second-order valence-electron chi connectivity index (χ2n) is 7.68. The van der Waals surface area contributed by atoms with Crippen LogP contribution in [0, 0.1) is 0 Å². The molecule has 1 atom stereocenters. The van der Waals surface area contributed by atoms with Crippen LogP contribution in [-0.2, 0) is 16.0 Å². The number of nitrogens with one attached hydrogen (secondary N) is 2. The fourth-order valence-corrected chi connectivity index (χ4v) is 3.23. The molecule has 31 heavy (non-hydrogen) atoms. The molecular weight excluding hydrogens is 447 g/mol. The van der Waals surface area contributed by atoms with E-state index in [1.54, 1.807) is 45.0 Å². The number of carboxylic acid groups (broad SMARTS) is 1. The monoisotopic (exact) mass is 468 g/mol. The van der Waals surface area contributed by atoms with Crippen molar-refractivity contribution in [1.82, 2.24) is 5.32 Å². The number of hydrogen-bond donors (Lipinski definition) is 4. The number of amides is 2. The fraction of sp³-hybridized carbons (Fsp3) is 0.286. The van der Waals surface area contributed by atoms with Crippen molar-refractivity contribution in [2.24, 2.45) is 0 Å². The maximum Gasteiger partial charge on any atom is 0.408 e. The Balaban J connectivity index is 2.06. The summed E-state index contributed by atoms with van der Waals surface area (Å²) in [6.45, 7) is 5.02. The van der Waals surface area contributed by atoms with Gasteiger partial charge in [0.15, 0.2) is 0 Å². The lowest BCUT2D eigenvalue weighted by molar-refractivity contribution is -0.139. The number of hydrogen-bond acceptors (Lipinski definition) is 5. The van der Waals surface area contributed by atoms with Crippen LogP contribution in [0.3, 0.4) is 0 Å². The molecule has 0 aliphatic rings. The SMILES string of the molecule is CC(C)(C)OC(=O)NC(Cc1ccc(NC(=O)c2c(Cl)cc(O)cc2Cl)cc1)C(=O)O. The summed E-state index contributed by atoms with van der Waals surface area (Å²) in [5, 5.41) is 23.8. The van der Waals surface area contributed by atoms with Gasteiger partial charge in [-0.05, 0) is 50.6 Å². The van der Waals surface area contributed by atoms with Gasteiger partial charge in [0.05, 0.1) is 15.6 Å². The highest BCUT2D eigenvalue weighted by molar-refractivity contribution is 6.40. The highest BCUT2D eigenvalue weighted by Gasteiger charge is 2.24. The highest BCUT2D eigenvalue weighted by atomic mass is 35.5. The Labute approximate surface area is 189 Å². The van der Waals surface area contributed by atoms with E-state index in [0.717, 1.165) is 0 Å². The average molecular weight is 469 g/mol. The molecule has 0 fully saturated rings. The van der Waals surface area contributed by atoms with E-state index in [1.807, 2.05) is 0 Å². The molecule has 2 aromatic carbocycles. The molecule has 0 heterocycles. The number of alkyl carbamates (subject to hydrolysis) is 1. The van der Waals surface area contributed by atoms with Gasteiger partial charge in [-0.15, -0.1) is 0 Å². The third-order valence-electron chi connectivity index (χ3n) is 3.89. The molecule has 1 unspecified atom stereocenters. The summed E-state index contributed by atoms with van der Waals surface area (Å²) >= 11 is 12.0. The fourth-order valence-electron chi connectivity index (χ4n) is 2.58. The van der Waals surface area contributed by atoms with Crippen molar-refractivity contribution in [3.05, 3.63) is 57.6 Å². The molecular formula is C21H22Cl2N2O6. The van der Waals surface area contributed by atoms with Crippen LogP contribution in [0.4, 0.5) is 10.5 Å². The summed E-state index contributed by atoms with van der Waals surface area (Å²) < 4.78 is 5.09. The van der Waals surface area contributed by atoms with Gasteiger partial charge in [0.1, 0.15) is 17.4 Å². The van der Waals surface area contributed by atoms with Crippen LogP contribution in [0.25, 0.3) is 0 Å². The first-order valence-electron chi connectivity index (χ1n) is 9.16. The first-order valence-corrected chi connectivity index (χ1v) is 9.92. The lowest BCUT2D eigenvalue weighted by Gasteiger charge is -2.22. The minimum Gasteiger partial charge on any atom is -0.508 e. The minimum absolute atomic E-state index is 0.00311. The molecule has 0 bridgehead atoms. The summed E-state index contributed by atoms with van der Waals surface area (Å²) in [5.41, 5.74) is 0.289. The molecule has 0 aromatic heterocycles. The van der Waals surface area contributed by atoms with Crippen molar-refractivity contribution in [3.8, 4) is 5.75 Å². The number of phenols is 1. The smallest absolute Gasteiger partial charge is 0.408 e. The van der Waals surface area contributed by atoms with E-state index in [-0.39, 0.29) is 27.8 Å². The van der Waals surface area contributed by atoms with Gasteiger partial charge in [0.25, 0.3) is 5.91 Å². The van der Waals surface area contributed by atoms with Crippen LogP contribution in [0.1, 0.15) is 36.7 Å². The molecule has 2 amide bonds. The number of carbonyl (C=O) groups excluding carboxylic acids is 2. The van der Waals surface area contributed by atoms with Crippen molar-refractivity contribution in [1.29, 1.82) is 0 Å². The number of ether oxygens (including phenoxy) is 1. The number of aliphatic carboxylic acids is 1. The largest absolute Gasteiger partial charge is 0.508 e. The zero-order valence-corrected chi connectivity index (χ0v) is 18.5. The number of carbonyl (C=O) groups is 3. The predicted octanol–water partition coefficient (Wildman–Crippen LogP) is 4.47. The molecule has 2 aromatic rings. The Morgan fingerprint density at radius 2 is 1.61 bits per heavy atom. The van der Waals surface area contributed by atoms with Gasteiger partial charge in [-0.25, -0.2) is 9.59 Å². The standard InChI is InChI=1S/C21H22Cl2N2O6/c1-21(2,3)31-20(30)25-16(19(28)29)8-11-4-6-12(7-5-11)24-18(27)17-14(22)9-13(26)10-15(17)23/h4-7,9-10,16,26H,8H2,1-3H3,(H,24,27)(H,25,30)(H,28,29). The Bertz CT molecular complexity index is 963. The number of phenolic OH excluding ortho intramolecular Hbond substituents is 1. The third kappa shape index (κ3) is 7.34. The second-order valence-corrected chi connectivity index (χ2v) is 8.49. The number of halogens is 2. The topological polar surface area (TPSA) is 125 Å². The van der Waals surface area contributed by atoms with E-state index < -0.39 is 29.6 Å². The van der Waals surface area contributed by atoms with E-state index in [2.05, 4.69) is 10.6 Å². The van der Waals surface area contributed by atoms with Gasteiger partial charge in [0.2, 0.25) is 0 Å². The van der Waals surface area contributed by atoms with Crippen LogP contribution < -0.4 is 10.6 Å². The molecule has 10 heteroatoms. The molecule has 0 saturated heterocycles. The maximum absolute atomic E-state index is 12.5. The summed E-state index contributed by atoms with van der Waals surface area (Å²) in [6, 6.07) is 7.59. The Morgan fingerprint density at radius 1 is 1.06 bits per heavy atom. The molecule has 0 aliphatic carbocycles. The molecule has 0 spiro atoms. The minimum atomic E-state index is -1.21. The first-order chi connectivity index (χ1) is 14.4. The maximum atomic E-state index is 12.5. The number of rotatable bonds is 6. The quantitative estimate of drug-likeness (QED) is 0.495. The normalized spacial score (nSPS) is 12.0. The number of benzene rings is 2. The summed E-state index contributed by atoms with van der Waals surface area (Å²) in [5.74, 6) is -1.94. The predicted molar refractivity (Wildman–Crippen MR) is 117 cm³/mol. The highest BCUT2D eigenvalue weighted by Crippen LogP contribution is 2.30. The van der Waals surface area contributed by atoms with E-state index in [1.165, 1.54) is 12.1 Å². The number of carboxylic acids is 1. The van der Waals surface area contributed by atoms with Gasteiger partial charge >= 0.3 is 12.1 Å². The molecule has 0 radical (unpaired) electrons. The summed E-state index contributed by atoms with van der Waals surface area (Å²) in [4.78, 5) is 35.8. The molecule has 0 saturated carbocycles. The average Bonchev–Trinajstić information content (AvgIpc) is 2.60. The van der Waals surface area contributed by atoms with Gasteiger partial charge < -0.3 is 25.6 Å². The van der Waals surface area contributed by atoms with Crippen molar-refractivity contribution in [2.75, 3.05) is 5.32 Å². The number of aromatic hydroxyl groups is 1. The number of anilines is 1. The summed E-state index contributed by atoms with van der Waals surface area (Å²) in [6.07, 6.45) is -0.815. The van der Waals surface area contributed by atoms with Gasteiger partial charge in [-0.1, -0.05) is 35.3 Å². The Morgan fingerprint density at radius 3 is 2.10 bits per heavy atom. The molecule has 8 nitrogen and oxygen atoms in total. The first kappa shape index (κ1) is 24.3. The second kappa shape index (κ2) is 9.89. The molecule has 0 aliphatic heterocycles.